The number of fused-ring (bicyclic) bond motifs is 3. The fraction of sp³-hybridized carbons (Fsp3) is 0.258. The first-order chi connectivity index (χ1) is 18.6. The van der Waals surface area contributed by atoms with Crippen LogP contribution in [0.4, 0.5) is 4.39 Å². The molecule has 38 heavy (non-hydrogen) atoms. The molecule has 0 bridgehead atoms. The van der Waals surface area contributed by atoms with E-state index in [9.17, 15) is 4.79 Å². The Balaban J connectivity index is 0.00000144. The standard InChI is InChI=1S/C29H26FN5O.C2H6/c1-35-13-10-21(11-14-35)33-29(36)19-6-4-18(5-7-19)27-23(30)8-9-24-28(27)22-15-25(32-17-26(22)34-24)20-3-2-12-31-16-20;1-2/h2-9,12,15-17,21,34H,10-11,13-14H2,1H3,(H,33,36);1-2H3. The summed E-state index contributed by atoms with van der Waals surface area (Å²) >= 11 is 0. The van der Waals surface area contributed by atoms with E-state index in [0.717, 1.165) is 64.6 Å². The fourth-order valence-electron chi connectivity index (χ4n) is 5.03. The number of H-pyrrole nitrogens is 1. The van der Waals surface area contributed by atoms with Crippen LogP contribution in [0.5, 0.6) is 0 Å². The molecule has 0 aliphatic carbocycles. The van der Waals surface area contributed by atoms with Crippen molar-refractivity contribution < 1.29 is 9.18 Å². The summed E-state index contributed by atoms with van der Waals surface area (Å²) in [4.78, 5) is 27.2. The van der Waals surface area contributed by atoms with Gasteiger partial charge in [-0.05, 0) is 81.0 Å². The molecule has 1 fully saturated rings. The summed E-state index contributed by atoms with van der Waals surface area (Å²) in [5, 5.41) is 4.82. The highest BCUT2D eigenvalue weighted by Gasteiger charge is 2.20. The maximum absolute atomic E-state index is 15.3. The van der Waals surface area contributed by atoms with Crippen molar-refractivity contribution >= 4 is 27.7 Å². The number of pyridine rings is 2. The lowest BCUT2D eigenvalue weighted by Crippen LogP contribution is -2.43. The molecule has 1 saturated heterocycles. The SMILES string of the molecule is CC.CN1CCC(NC(=O)c2ccc(-c3c(F)ccc4[nH]c5cnc(-c6cccnc6)cc5c34)cc2)CC1. The fourth-order valence-corrected chi connectivity index (χ4v) is 5.03. The van der Waals surface area contributed by atoms with Crippen LogP contribution in [0.15, 0.2) is 73.2 Å². The highest BCUT2D eigenvalue weighted by Crippen LogP contribution is 2.37. The Kier molecular flexibility index (Phi) is 7.47. The van der Waals surface area contributed by atoms with Crippen LogP contribution in [0.1, 0.15) is 37.0 Å². The lowest BCUT2D eigenvalue weighted by molar-refractivity contribution is 0.0917. The summed E-state index contributed by atoms with van der Waals surface area (Å²) in [7, 11) is 2.10. The van der Waals surface area contributed by atoms with Crippen LogP contribution >= 0.6 is 0 Å². The van der Waals surface area contributed by atoms with Gasteiger partial charge >= 0.3 is 0 Å². The molecular weight excluding hydrogens is 477 g/mol. The summed E-state index contributed by atoms with van der Waals surface area (Å²) in [5.74, 6) is -0.402. The van der Waals surface area contributed by atoms with Gasteiger partial charge in [-0.3, -0.25) is 14.8 Å². The van der Waals surface area contributed by atoms with Gasteiger partial charge in [0, 0.05) is 51.4 Å². The second-order valence-corrected chi connectivity index (χ2v) is 9.46. The number of aromatic amines is 1. The van der Waals surface area contributed by atoms with Crippen LogP contribution in [0.2, 0.25) is 0 Å². The van der Waals surface area contributed by atoms with E-state index >= 15 is 4.39 Å². The van der Waals surface area contributed by atoms with Crippen molar-refractivity contribution in [2.24, 2.45) is 0 Å². The zero-order chi connectivity index (χ0) is 26.6. The van der Waals surface area contributed by atoms with Crippen molar-refractivity contribution in [1.29, 1.82) is 0 Å². The number of hydrogen-bond donors (Lipinski definition) is 2. The minimum atomic E-state index is -0.313. The normalized spacial score (nSPS) is 14.3. The van der Waals surface area contributed by atoms with Crippen LogP contribution in [0, 0.1) is 5.82 Å². The monoisotopic (exact) mass is 509 g/mol. The molecule has 2 N–H and O–H groups in total. The lowest BCUT2D eigenvalue weighted by Gasteiger charge is -2.29. The second kappa shape index (κ2) is 11.1. The first kappa shape index (κ1) is 25.5. The molecule has 1 aliphatic heterocycles. The van der Waals surface area contributed by atoms with Crippen molar-refractivity contribution in [3.05, 3.63) is 84.6 Å². The third-order valence-electron chi connectivity index (χ3n) is 7.04. The Morgan fingerprint density at radius 2 is 1.76 bits per heavy atom. The molecule has 0 unspecified atom stereocenters. The molecule has 6 rings (SSSR count). The average Bonchev–Trinajstić information content (AvgIpc) is 3.34. The third-order valence-corrected chi connectivity index (χ3v) is 7.04. The van der Waals surface area contributed by atoms with Crippen LogP contribution in [0.25, 0.3) is 44.2 Å². The zero-order valence-electron chi connectivity index (χ0n) is 22.0. The lowest BCUT2D eigenvalue weighted by atomic mass is 9.97. The Labute approximate surface area is 221 Å². The summed E-state index contributed by atoms with van der Waals surface area (Å²) in [6, 6.07) is 16.4. The van der Waals surface area contributed by atoms with Gasteiger partial charge in [0.1, 0.15) is 5.82 Å². The number of carbonyl (C=O) groups is 1. The molecule has 1 aliphatic rings. The highest BCUT2D eigenvalue weighted by molar-refractivity contribution is 6.14. The molecule has 6 nitrogen and oxygen atoms in total. The van der Waals surface area contributed by atoms with E-state index < -0.39 is 0 Å². The van der Waals surface area contributed by atoms with Gasteiger partial charge in [0.15, 0.2) is 0 Å². The van der Waals surface area contributed by atoms with Gasteiger partial charge < -0.3 is 15.2 Å². The number of amides is 1. The Morgan fingerprint density at radius 3 is 2.47 bits per heavy atom. The van der Waals surface area contributed by atoms with Gasteiger partial charge in [-0.1, -0.05) is 26.0 Å². The molecule has 194 valence electrons. The van der Waals surface area contributed by atoms with Crippen LogP contribution < -0.4 is 5.32 Å². The topological polar surface area (TPSA) is 73.9 Å². The van der Waals surface area contributed by atoms with Crippen LogP contribution in [0.3, 0.4) is 0 Å². The number of rotatable bonds is 4. The molecule has 4 heterocycles. The van der Waals surface area contributed by atoms with Crippen LogP contribution in [-0.2, 0) is 0 Å². The van der Waals surface area contributed by atoms with Gasteiger partial charge in [-0.2, -0.15) is 0 Å². The minimum absolute atomic E-state index is 0.0888. The van der Waals surface area contributed by atoms with Gasteiger partial charge in [-0.25, -0.2) is 4.39 Å². The quantitative estimate of drug-likeness (QED) is 0.293. The Morgan fingerprint density at radius 1 is 1.00 bits per heavy atom. The number of carbonyl (C=O) groups excluding carboxylic acids is 1. The molecule has 1 amide bonds. The first-order valence-corrected chi connectivity index (χ1v) is 13.2. The first-order valence-electron chi connectivity index (χ1n) is 13.2. The Bertz CT molecular complexity index is 1550. The number of nitrogens with zero attached hydrogens (tertiary/aromatic N) is 3. The maximum atomic E-state index is 15.3. The number of halogens is 1. The second-order valence-electron chi connectivity index (χ2n) is 9.46. The van der Waals surface area contributed by atoms with E-state index in [1.807, 2.05) is 44.2 Å². The van der Waals surface area contributed by atoms with E-state index in [-0.39, 0.29) is 17.8 Å². The largest absolute Gasteiger partial charge is 0.353 e. The van der Waals surface area contributed by atoms with Crippen LogP contribution in [-0.4, -0.2) is 51.9 Å². The van der Waals surface area contributed by atoms with Gasteiger partial charge in [0.25, 0.3) is 5.91 Å². The van der Waals surface area contributed by atoms with Crippen molar-refractivity contribution in [3.63, 3.8) is 0 Å². The number of benzene rings is 2. The predicted molar refractivity (Wildman–Crippen MR) is 152 cm³/mol. The van der Waals surface area contributed by atoms with Crippen molar-refractivity contribution in [2.75, 3.05) is 20.1 Å². The van der Waals surface area contributed by atoms with Gasteiger partial charge in [-0.15, -0.1) is 0 Å². The smallest absolute Gasteiger partial charge is 0.251 e. The number of likely N-dealkylation sites (tertiary alicyclic amines) is 1. The minimum Gasteiger partial charge on any atom is -0.353 e. The summed E-state index contributed by atoms with van der Waals surface area (Å²) < 4.78 is 15.3. The zero-order valence-corrected chi connectivity index (χ0v) is 22.0. The number of piperidine rings is 1. The Hall–Kier alpha value is -4.10. The molecular formula is C31H32FN5O. The highest BCUT2D eigenvalue weighted by atomic mass is 19.1. The summed E-state index contributed by atoms with van der Waals surface area (Å²) in [5.41, 5.74) is 5.12. The van der Waals surface area contributed by atoms with Gasteiger partial charge in [0.2, 0.25) is 0 Å². The molecule has 0 radical (unpaired) electrons. The number of nitrogens with one attached hydrogen (secondary N) is 2. The van der Waals surface area contributed by atoms with E-state index in [4.69, 9.17) is 0 Å². The molecule has 5 aromatic rings. The van der Waals surface area contributed by atoms with E-state index in [0.29, 0.717) is 11.1 Å². The van der Waals surface area contributed by atoms with Crippen molar-refractivity contribution in [2.45, 2.75) is 32.7 Å². The maximum Gasteiger partial charge on any atom is 0.251 e. The molecule has 7 heteroatoms. The summed E-state index contributed by atoms with van der Waals surface area (Å²) in [6.07, 6.45) is 7.16. The molecule has 0 saturated carbocycles. The molecule has 0 spiro atoms. The molecule has 2 aromatic carbocycles. The molecule has 3 aromatic heterocycles. The predicted octanol–water partition coefficient (Wildman–Crippen LogP) is 6.43. The van der Waals surface area contributed by atoms with E-state index in [1.54, 1.807) is 36.8 Å². The summed E-state index contributed by atoms with van der Waals surface area (Å²) in [6.45, 7) is 5.96. The number of aromatic nitrogens is 3. The third kappa shape index (κ3) is 5.02. The van der Waals surface area contributed by atoms with E-state index in [2.05, 4.69) is 32.2 Å². The van der Waals surface area contributed by atoms with Gasteiger partial charge in [0.05, 0.1) is 17.4 Å². The molecule has 0 atom stereocenters. The van der Waals surface area contributed by atoms with Crippen molar-refractivity contribution in [3.8, 4) is 22.4 Å². The number of hydrogen-bond acceptors (Lipinski definition) is 4. The van der Waals surface area contributed by atoms with Crippen molar-refractivity contribution in [1.82, 2.24) is 25.2 Å². The average molecular weight is 510 g/mol. The van der Waals surface area contributed by atoms with E-state index in [1.165, 1.54) is 6.07 Å².